The number of aliphatic imine (C=N–C) groups is 1. The van der Waals surface area contributed by atoms with Crippen molar-refractivity contribution < 1.29 is 4.79 Å². The van der Waals surface area contributed by atoms with Gasteiger partial charge in [0.15, 0.2) is 5.96 Å². The Balaban J connectivity index is 0.00000364. The van der Waals surface area contributed by atoms with E-state index < -0.39 is 0 Å². The number of hydrogen-bond donors (Lipinski definition) is 3. The van der Waals surface area contributed by atoms with E-state index in [1.165, 1.54) is 5.56 Å². The van der Waals surface area contributed by atoms with E-state index in [9.17, 15) is 4.79 Å². The Morgan fingerprint density at radius 1 is 1.19 bits per heavy atom. The molecule has 7 heteroatoms. The van der Waals surface area contributed by atoms with Gasteiger partial charge in [-0.2, -0.15) is 0 Å². The van der Waals surface area contributed by atoms with Gasteiger partial charge in [0.25, 0.3) is 0 Å². The third kappa shape index (κ3) is 7.76. The highest BCUT2D eigenvalue weighted by atomic mass is 127. The molecule has 0 spiro atoms. The Morgan fingerprint density at radius 3 is 2.52 bits per heavy atom. The van der Waals surface area contributed by atoms with Crippen LogP contribution in [0.4, 0.5) is 5.69 Å². The maximum atomic E-state index is 12.1. The summed E-state index contributed by atoms with van der Waals surface area (Å²) in [4.78, 5) is 16.3. The van der Waals surface area contributed by atoms with Gasteiger partial charge in [0, 0.05) is 20.0 Å². The van der Waals surface area contributed by atoms with Crippen molar-refractivity contribution >= 4 is 53.1 Å². The molecule has 0 bridgehead atoms. The first-order chi connectivity index (χ1) is 12.5. The smallest absolute Gasteiger partial charge is 0.226 e. The fourth-order valence-corrected chi connectivity index (χ4v) is 2.74. The molecule has 0 saturated carbocycles. The second kappa shape index (κ2) is 11.8. The molecule has 0 heterocycles. The second-order valence-corrected chi connectivity index (χ2v) is 6.46. The zero-order chi connectivity index (χ0) is 18.9. The summed E-state index contributed by atoms with van der Waals surface area (Å²) < 4.78 is 0. The molecule has 0 saturated heterocycles. The van der Waals surface area contributed by atoms with Gasteiger partial charge in [-0.3, -0.25) is 9.79 Å². The summed E-state index contributed by atoms with van der Waals surface area (Å²) in [6, 6.07) is 15.8. The van der Waals surface area contributed by atoms with E-state index in [0.29, 0.717) is 29.6 Å². The van der Waals surface area contributed by atoms with Crippen LogP contribution in [0.2, 0.25) is 5.02 Å². The molecule has 2 aromatic carbocycles. The van der Waals surface area contributed by atoms with Crippen molar-refractivity contribution in [3.8, 4) is 0 Å². The standard InChI is InChI=1S/C20H25ClN4O.HI/c1-14-9-10-18(17(21)13-14)25-19(26)11-12-23-20(22-3)24-15(2)16-7-5-4-6-8-16;/h4-10,13,15H,11-12H2,1-3H3,(H,25,26)(H2,22,23,24);1H. The molecule has 1 atom stereocenters. The van der Waals surface area contributed by atoms with E-state index in [4.69, 9.17) is 11.6 Å². The number of aryl methyl sites for hydroxylation is 1. The fourth-order valence-electron chi connectivity index (χ4n) is 2.45. The number of anilines is 1. The zero-order valence-corrected chi connectivity index (χ0v) is 18.8. The van der Waals surface area contributed by atoms with Crippen LogP contribution in [0.5, 0.6) is 0 Å². The lowest BCUT2D eigenvalue weighted by Gasteiger charge is -2.18. The molecule has 0 aliphatic heterocycles. The van der Waals surface area contributed by atoms with Crippen LogP contribution in [0.25, 0.3) is 0 Å². The summed E-state index contributed by atoms with van der Waals surface area (Å²) >= 11 is 6.14. The van der Waals surface area contributed by atoms with Crippen LogP contribution in [0.3, 0.4) is 0 Å². The number of carbonyl (C=O) groups is 1. The average Bonchev–Trinajstić information content (AvgIpc) is 2.63. The molecule has 5 nitrogen and oxygen atoms in total. The van der Waals surface area contributed by atoms with Crippen molar-refractivity contribution in [2.24, 2.45) is 4.99 Å². The van der Waals surface area contributed by atoms with E-state index in [1.54, 1.807) is 7.05 Å². The van der Waals surface area contributed by atoms with Gasteiger partial charge < -0.3 is 16.0 Å². The van der Waals surface area contributed by atoms with E-state index in [1.807, 2.05) is 43.3 Å². The van der Waals surface area contributed by atoms with Gasteiger partial charge in [0.05, 0.1) is 16.8 Å². The van der Waals surface area contributed by atoms with Crippen LogP contribution in [0, 0.1) is 6.92 Å². The van der Waals surface area contributed by atoms with Crippen molar-refractivity contribution in [2.75, 3.05) is 18.9 Å². The molecular weight excluding hydrogens is 475 g/mol. The van der Waals surface area contributed by atoms with Gasteiger partial charge >= 0.3 is 0 Å². The monoisotopic (exact) mass is 500 g/mol. The number of nitrogens with one attached hydrogen (secondary N) is 3. The average molecular weight is 501 g/mol. The Morgan fingerprint density at radius 2 is 1.89 bits per heavy atom. The van der Waals surface area contributed by atoms with Gasteiger partial charge in [-0.05, 0) is 37.1 Å². The van der Waals surface area contributed by atoms with Gasteiger partial charge in [0.1, 0.15) is 0 Å². The quantitative estimate of drug-likeness (QED) is 0.310. The molecule has 146 valence electrons. The minimum Gasteiger partial charge on any atom is -0.356 e. The van der Waals surface area contributed by atoms with E-state index in [-0.39, 0.29) is 35.9 Å². The number of nitrogens with zero attached hydrogens (tertiary/aromatic N) is 1. The summed E-state index contributed by atoms with van der Waals surface area (Å²) in [5.41, 5.74) is 2.85. The molecular formula is C20H26ClIN4O. The Bertz CT molecular complexity index is 768. The first-order valence-electron chi connectivity index (χ1n) is 8.57. The summed E-state index contributed by atoms with van der Waals surface area (Å²) in [7, 11) is 1.71. The number of guanidine groups is 1. The van der Waals surface area contributed by atoms with Crippen molar-refractivity contribution in [1.82, 2.24) is 10.6 Å². The molecule has 2 aromatic rings. The van der Waals surface area contributed by atoms with Crippen molar-refractivity contribution in [3.63, 3.8) is 0 Å². The lowest BCUT2D eigenvalue weighted by Crippen LogP contribution is -2.39. The normalized spacial score (nSPS) is 11.9. The molecule has 0 aliphatic rings. The number of amides is 1. The molecule has 0 aliphatic carbocycles. The fraction of sp³-hybridized carbons (Fsp3) is 0.300. The van der Waals surface area contributed by atoms with Crippen LogP contribution >= 0.6 is 35.6 Å². The highest BCUT2D eigenvalue weighted by molar-refractivity contribution is 14.0. The van der Waals surface area contributed by atoms with E-state index >= 15 is 0 Å². The van der Waals surface area contributed by atoms with Crippen LogP contribution in [-0.2, 0) is 4.79 Å². The highest BCUT2D eigenvalue weighted by Crippen LogP contribution is 2.22. The number of benzene rings is 2. The van der Waals surface area contributed by atoms with Crippen molar-refractivity contribution in [3.05, 3.63) is 64.7 Å². The van der Waals surface area contributed by atoms with Crippen LogP contribution in [0.15, 0.2) is 53.5 Å². The third-order valence-corrected chi connectivity index (χ3v) is 4.23. The van der Waals surface area contributed by atoms with Crippen LogP contribution in [-0.4, -0.2) is 25.5 Å². The third-order valence-electron chi connectivity index (χ3n) is 3.92. The predicted molar refractivity (Wildman–Crippen MR) is 124 cm³/mol. The maximum absolute atomic E-state index is 12.1. The summed E-state index contributed by atoms with van der Waals surface area (Å²) in [5.74, 6) is 0.553. The van der Waals surface area contributed by atoms with Gasteiger partial charge in [-0.1, -0.05) is 48.0 Å². The predicted octanol–water partition coefficient (Wildman–Crippen LogP) is 4.52. The first-order valence-corrected chi connectivity index (χ1v) is 8.95. The lowest BCUT2D eigenvalue weighted by atomic mass is 10.1. The molecule has 0 radical (unpaired) electrons. The molecule has 2 rings (SSSR count). The minimum atomic E-state index is -0.102. The van der Waals surface area contributed by atoms with Gasteiger partial charge in [-0.15, -0.1) is 24.0 Å². The summed E-state index contributed by atoms with van der Waals surface area (Å²) in [6.45, 7) is 4.49. The molecule has 1 amide bonds. The van der Waals surface area contributed by atoms with Gasteiger partial charge in [-0.25, -0.2) is 0 Å². The number of hydrogen-bond acceptors (Lipinski definition) is 2. The summed E-state index contributed by atoms with van der Waals surface area (Å²) in [5, 5.41) is 9.83. The number of carbonyl (C=O) groups excluding carboxylic acids is 1. The van der Waals surface area contributed by atoms with E-state index in [0.717, 1.165) is 5.56 Å². The Hall–Kier alpha value is -1.80. The molecule has 27 heavy (non-hydrogen) atoms. The number of halogens is 2. The van der Waals surface area contributed by atoms with Crippen molar-refractivity contribution in [1.29, 1.82) is 0 Å². The van der Waals surface area contributed by atoms with Crippen molar-refractivity contribution in [2.45, 2.75) is 26.3 Å². The molecule has 3 N–H and O–H groups in total. The van der Waals surface area contributed by atoms with E-state index in [2.05, 4.69) is 40.0 Å². The molecule has 0 aromatic heterocycles. The largest absolute Gasteiger partial charge is 0.356 e. The molecule has 1 unspecified atom stereocenters. The second-order valence-electron chi connectivity index (χ2n) is 6.06. The van der Waals surface area contributed by atoms with Crippen LogP contribution in [0.1, 0.15) is 30.5 Å². The topological polar surface area (TPSA) is 65.5 Å². The van der Waals surface area contributed by atoms with Crippen LogP contribution < -0.4 is 16.0 Å². The van der Waals surface area contributed by atoms with Gasteiger partial charge in [0.2, 0.25) is 5.91 Å². The molecule has 0 fully saturated rings. The Kier molecular flexibility index (Phi) is 10.2. The lowest BCUT2D eigenvalue weighted by molar-refractivity contribution is -0.116. The maximum Gasteiger partial charge on any atom is 0.226 e. The SMILES string of the molecule is CN=C(NCCC(=O)Nc1ccc(C)cc1Cl)NC(C)c1ccccc1.I. The first kappa shape index (κ1) is 23.2. The number of rotatable bonds is 6. The highest BCUT2D eigenvalue weighted by Gasteiger charge is 2.09. The zero-order valence-electron chi connectivity index (χ0n) is 15.8. The minimum absolute atomic E-state index is 0. The summed E-state index contributed by atoms with van der Waals surface area (Å²) in [6.07, 6.45) is 0.310. The Labute approximate surface area is 183 Å².